The fraction of sp³-hybridized carbons (Fsp3) is 0.440. The van der Waals surface area contributed by atoms with Crippen molar-refractivity contribution in [1.82, 2.24) is 9.88 Å². The predicted molar refractivity (Wildman–Crippen MR) is 131 cm³/mol. The summed E-state index contributed by atoms with van der Waals surface area (Å²) in [5, 5.41) is 24.2. The molecule has 10 heteroatoms. The molecule has 0 bridgehead atoms. The first kappa shape index (κ1) is 24.4. The zero-order valence-corrected chi connectivity index (χ0v) is 20.0. The molecule has 0 aliphatic carbocycles. The van der Waals surface area contributed by atoms with Crippen LogP contribution in [-0.2, 0) is 14.3 Å². The summed E-state index contributed by atoms with van der Waals surface area (Å²) in [5.74, 6) is -0.446. The molecule has 10 nitrogen and oxygen atoms in total. The van der Waals surface area contributed by atoms with Gasteiger partial charge in [0.15, 0.2) is 0 Å². The third kappa shape index (κ3) is 5.37. The van der Waals surface area contributed by atoms with Gasteiger partial charge in [-0.1, -0.05) is 0 Å². The molecule has 0 radical (unpaired) electrons. The van der Waals surface area contributed by atoms with Gasteiger partial charge in [0, 0.05) is 43.7 Å². The molecule has 2 aliphatic heterocycles. The predicted octanol–water partition coefficient (Wildman–Crippen LogP) is 3.04. The minimum Gasteiger partial charge on any atom is -0.378 e. The van der Waals surface area contributed by atoms with E-state index in [0.717, 1.165) is 24.2 Å². The number of rotatable bonds is 7. The molecule has 0 saturated carbocycles. The second-order valence-electron chi connectivity index (χ2n) is 8.71. The number of carbonyl (C=O) groups is 1. The summed E-state index contributed by atoms with van der Waals surface area (Å²) >= 11 is 0. The van der Waals surface area contributed by atoms with Gasteiger partial charge in [-0.3, -0.25) is 14.9 Å². The molecule has 4 rings (SSSR count). The zero-order valence-electron chi connectivity index (χ0n) is 20.0. The normalized spacial score (nSPS) is 18.4. The highest BCUT2D eigenvalue weighted by molar-refractivity contribution is 6.01. The van der Waals surface area contributed by atoms with Crippen molar-refractivity contribution in [3.8, 4) is 11.8 Å². The fourth-order valence-corrected chi connectivity index (χ4v) is 4.61. The minimum atomic E-state index is -0.446. The molecule has 1 aromatic carbocycles. The highest BCUT2D eigenvalue weighted by atomic mass is 16.6. The molecule has 1 atom stereocenters. The first-order valence-electron chi connectivity index (χ1n) is 11.7. The largest absolute Gasteiger partial charge is 0.378 e. The van der Waals surface area contributed by atoms with Crippen LogP contribution in [0.2, 0.25) is 0 Å². The molecular weight excluding hydrogens is 450 g/mol. The molecule has 2 saturated heterocycles. The number of aryl methyl sites for hydroxylation is 1. The molecule has 2 aromatic rings. The molecule has 1 aromatic heterocycles. The van der Waals surface area contributed by atoms with E-state index in [1.54, 1.807) is 18.2 Å². The van der Waals surface area contributed by atoms with Gasteiger partial charge in [0.25, 0.3) is 11.6 Å². The fourth-order valence-electron chi connectivity index (χ4n) is 4.61. The Morgan fingerprint density at radius 3 is 2.71 bits per heavy atom. The number of ether oxygens (including phenoxy) is 2. The lowest BCUT2D eigenvalue weighted by Gasteiger charge is -2.28. The van der Waals surface area contributed by atoms with Crippen LogP contribution in [0.15, 0.2) is 29.8 Å². The van der Waals surface area contributed by atoms with Crippen molar-refractivity contribution < 1.29 is 19.2 Å². The summed E-state index contributed by atoms with van der Waals surface area (Å²) in [4.78, 5) is 26.0. The van der Waals surface area contributed by atoms with Crippen LogP contribution in [0.25, 0.3) is 11.8 Å². The highest BCUT2D eigenvalue weighted by Crippen LogP contribution is 2.33. The minimum absolute atomic E-state index is 0.00288. The molecule has 35 heavy (non-hydrogen) atoms. The number of nitro groups is 1. The zero-order chi connectivity index (χ0) is 24.9. The maximum atomic E-state index is 12.6. The number of anilines is 1. The van der Waals surface area contributed by atoms with E-state index >= 15 is 0 Å². The van der Waals surface area contributed by atoms with Gasteiger partial charge >= 0.3 is 0 Å². The Kier molecular flexibility index (Phi) is 7.48. The van der Waals surface area contributed by atoms with E-state index in [1.165, 1.54) is 0 Å². The van der Waals surface area contributed by atoms with Crippen LogP contribution in [0, 0.1) is 35.3 Å². The van der Waals surface area contributed by atoms with Gasteiger partial charge in [-0.25, -0.2) is 0 Å². The maximum Gasteiger partial charge on any atom is 0.294 e. The molecule has 184 valence electrons. The number of nitriles is 1. The molecule has 0 spiro atoms. The van der Waals surface area contributed by atoms with Crippen LogP contribution in [0.4, 0.5) is 11.4 Å². The summed E-state index contributed by atoms with van der Waals surface area (Å²) in [5.41, 5.74) is 3.54. The summed E-state index contributed by atoms with van der Waals surface area (Å²) < 4.78 is 12.8. The Labute approximate surface area is 203 Å². The van der Waals surface area contributed by atoms with Crippen molar-refractivity contribution in [3.63, 3.8) is 0 Å². The standard InChI is InChI=1S/C25H29N5O5/c1-17-12-19(13-20(15-26)25(31)27-16-22-4-3-9-35-22)18(2)29(17)21-5-6-23(24(14-21)30(32)33)28-7-10-34-11-8-28/h5-6,12-14,22H,3-4,7-11,16H2,1-2H3,(H,27,31)/b20-13-/t22-/m0/s1. The quantitative estimate of drug-likeness (QED) is 0.280. The summed E-state index contributed by atoms with van der Waals surface area (Å²) in [7, 11) is 0. The number of carbonyl (C=O) groups excluding carboxylic acids is 1. The number of amides is 1. The summed E-state index contributed by atoms with van der Waals surface area (Å²) in [6.45, 7) is 7.08. The number of nitrogens with one attached hydrogen (secondary N) is 1. The van der Waals surface area contributed by atoms with Gasteiger partial charge in [0.2, 0.25) is 0 Å². The Hall–Kier alpha value is -3.68. The van der Waals surface area contributed by atoms with E-state index in [0.29, 0.717) is 56.4 Å². The van der Waals surface area contributed by atoms with Gasteiger partial charge in [-0.05, 0) is 56.5 Å². The second kappa shape index (κ2) is 10.7. The van der Waals surface area contributed by atoms with Crippen molar-refractivity contribution in [2.75, 3.05) is 44.4 Å². The monoisotopic (exact) mass is 479 g/mol. The van der Waals surface area contributed by atoms with E-state index in [2.05, 4.69) is 5.32 Å². The van der Waals surface area contributed by atoms with Crippen molar-refractivity contribution >= 4 is 23.4 Å². The second-order valence-corrected chi connectivity index (χ2v) is 8.71. The Morgan fingerprint density at radius 2 is 2.06 bits per heavy atom. The molecule has 3 heterocycles. The first-order chi connectivity index (χ1) is 16.9. The highest BCUT2D eigenvalue weighted by Gasteiger charge is 2.23. The Morgan fingerprint density at radius 1 is 1.29 bits per heavy atom. The van der Waals surface area contributed by atoms with Crippen LogP contribution in [-0.4, -0.2) is 61.0 Å². The number of benzene rings is 1. The van der Waals surface area contributed by atoms with Crippen LogP contribution < -0.4 is 10.2 Å². The van der Waals surface area contributed by atoms with E-state index in [-0.39, 0.29) is 22.3 Å². The first-order valence-corrected chi connectivity index (χ1v) is 11.7. The van der Waals surface area contributed by atoms with Crippen molar-refractivity contribution in [2.24, 2.45) is 0 Å². The third-order valence-corrected chi connectivity index (χ3v) is 6.42. The molecule has 2 aliphatic rings. The molecule has 1 amide bonds. The Bertz CT molecular complexity index is 1180. The lowest BCUT2D eigenvalue weighted by Crippen LogP contribution is -2.36. The number of hydrogen-bond acceptors (Lipinski definition) is 7. The van der Waals surface area contributed by atoms with Crippen LogP contribution in [0.5, 0.6) is 0 Å². The van der Waals surface area contributed by atoms with E-state index in [1.807, 2.05) is 41.5 Å². The van der Waals surface area contributed by atoms with E-state index in [4.69, 9.17) is 9.47 Å². The van der Waals surface area contributed by atoms with Gasteiger partial charge in [-0.15, -0.1) is 0 Å². The van der Waals surface area contributed by atoms with Crippen LogP contribution in [0.3, 0.4) is 0 Å². The maximum absolute atomic E-state index is 12.6. The number of morpholine rings is 1. The topological polar surface area (TPSA) is 123 Å². The molecule has 1 N–H and O–H groups in total. The Balaban J connectivity index is 1.61. The average Bonchev–Trinajstić information content (AvgIpc) is 3.48. The van der Waals surface area contributed by atoms with Crippen molar-refractivity contribution in [1.29, 1.82) is 5.26 Å². The third-order valence-electron chi connectivity index (χ3n) is 6.42. The average molecular weight is 480 g/mol. The van der Waals surface area contributed by atoms with E-state index in [9.17, 15) is 20.2 Å². The summed E-state index contributed by atoms with van der Waals surface area (Å²) in [6.07, 6.45) is 3.41. The van der Waals surface area contributed by atoms with Crippen LogP contribution in [0.1, 0.15) is 29.8 Å². The van der Waals surface area contributed by atoms with Crippen molar-refractivity contribution in [2.45, 2.75) is 32.8 Å². The number of hydrogen-bond donors (Lipinski definition) is 1. The van der Waals surface area contributed by atoms with Crippen molar-refractivity contribution in [3.05, 3.63) is 56.9 Å². The number of aromatic nitrogens is 1. The molecule has 2 fully saturated rings. The number of nitrogens with zero attached hydrogens (tertiary/aromatic N) is 4. The van der Waals surface area contributed by atoms with E-state index < -0.39 is 5.91 Å². The molecular formula is C25H29N5O5. The smallest absolute Gasteiger partial charge is 0.294 e. The van der Waals surface area contributed by atoms with Crippen LogP contribution >= 0.6 is 0 Å². The molecule has 0 unspecified atom stereocenters. The lowest BCUT2D eigenvalue weighted by atomic mass is 10.1. The van der Waals surface area contributed by atoms with Gasteiger partial charge in [0.05, 0.1) is 29.9 Å². The van der Waals surface area contributed by atoms with Gasteiger partial charge < -0.3 is 24.3 Å². The van der Waals surface area contributed by atoms with Gasteiger partial charge in [-0.2, -0.15) is 5.26 Å². The SMILES string of the molecule is Cc1cc(/C=C(/C#N)C(=O)NC[C@@H]2CCCO2)c(C)n1-c1ccc(N2CCOCC2)c([N+](=O)[O-])c1. The number of nitro benzene ring substituents is 1. The summed E-state index contributed by atoms with van der Waals surface area (Å²) in [6, 6.07) is 9.04. The lowest BCUT2D eigenvalue weighted by molar-refractivity contribution is -0.384. The van der Waals surface area contributed by atoms with Gasteiger partial charge in [0.1, 0.15) is 17.3 Å².